The lowest BCUT2D eigenvalue weighted by Crippen LogP contribution is -2.56. The molecular weight excluding hydrogens is 516 g/mol. The topological polar surface area (TPSA) is 46.5 Å². The number of phenols is 1. The predicted molar refractivity (Wildman–Crippen MR) is 172 cm³/mol. The Kier molecular flexibility index (Phi) is 7.97. The van der Waals surface area contributed by atoms with Crippen LogP contribution in [0.2, 0.25) is 0 Å². The molecule has 0 heterocycles. The molecule has 42 heavy (non-hydrogen) atoms. The summed E-state index contributed by atoms with van der Waals surface area (Å²) >= 11 is 0. The van der Waals surface area contributed by atoms with Gasteiger partial charge in [0.05, 0.1) is 0 Å². The number of allylic oxidation sites excluding steroid dienone is 1. The van der Waals surface area contributed by atoms with E-state index in [9.17, 15) is 9.90 Å². The fraction of sp³-hybridized carbons (Fsp3) is 0.718. The monoisotopic (exact) mass is 572 g/mol. The van der Waals surface area contributed by atoms with Gasteiger partial charge in [-0.25, -0.2) is 4.79 Å². The van der Waals surface area contributed by atoms with E-state index in [1.165, 1.54) is 56.9 Å². The van der Waals surface area contributed by atoms with Gasteiger partial charge in [0, 0.05) is 11.5 Å². The number of hydrogen-bond donors (Lipinski definition) is 1. The molecule has 0 aliphatic heterocycles. The van der Waals surface area contributed by atoms with E-state index in [0.717, 1.165) is 59.3 Å². The van der Waals surface area contributed by atoms with Gasteiger partial charge in [-0.05, 0) is 153 Å². The van der Waals surface area contributed by atoms with Crippen molar-refractivity contribution < 1.29 is 14.6 Å². The Morgan fingerprint density at radius 2 is 1.62 bits per heavy atom. The molecule has 12 unspecified atom stereocenters. The molecule has 0 bridgehead atoms. The highest BCUT2D eigenvalue weighted by Gasteiger charge is 2.70. The lowest BCUT2D eigenvalue weighted by molar-refractivity contribution is -0.171. The molecule has 6 rings (SSSR count). The van der Waals surface area contributed by atoms with Crippen LogP contribution < -0.4 is 0 Å². The maximum Gasteiger partial charge on any atom is 0.331 e. The van der Waals surface area contributed by atoms with Gasteiger partial charge in [-0.2, -0.15) is 0 Å². The zero-order valence-electron chi connectivity index (χ0n) is 27.1. The van der Waals surface area contributed by atoms with Crippen LogP contribution in [0.3, 0.4) is 0 Å². The summed E-state index contributed by atoms with van der Waals surface area (Å²) in [7, 11) is 0. The zero-order chi connectivity index (χ0) is 30.0. The van der Waals surface area contributed by atoms with Crippen molar-refractivity contribution in [2.75, 3.05) is 0 Å². The first-order valence-corrected chi connectivity index (χ1v) is 17.3. The number of carbonyl (C=O) groups is 1. The number of ether oxygens (including phenoxy) is 1. The van der Waals surface area contributed by atoms with Gasteiger partial charge in [0.2, 0.25) is 0 Å². The lowest BCUT2D eigenvalue weighted by Gasteiger charge is -2.60. The Hall–Kier alpha value is -2.03. The van der Waals surface area contributed by atoms with Gasteiger partial charge < -0.3 is 9.84 Å². The molecule has 0 aromatic heterocycles. The molecule has 3 heteroatoms. The molecule has 5 aliphatic carbocycles. The van der Waals surface area contributed by atoms with Crippen LogP contribution in [0.5, 0.6) is 5.75 Å². The molecule has 230 valence electrons. The van der Waals surface area contributed by atoms with Crippen LogP contribution in [0.4, 0.5) is 0 Å². The minimum atomic E-state index is -0.243. The molecule has 1 aromatic rings. The summed E-state index contributed by atoms with van der Waals surface area (Å²) < 4.78 is 6.17. The van der Waals surface area contributed by atoms with E-state index in [2.05, 4.69) is 48.1 Å². The third kappa shape index (κ3) is 5.09. The molecular formula is C39H56O3. The number of aromatic hydroxyl groups is 1. The molecule has 5 saturated carbocycles. The fourth-order valence-electron chi connectivity index (χ4n) is 11.6. The maximum atomic E-state index is 12.9. The normalized spacial score (nSPS) is 41.1. The van der Waals surface area contributed by atoms with E-state index in [1.54, 1.807) is 24.3 Å². The van der Waals surface area contributed by atoms with Gasteiger partial charge in [-0.3, -0.25) is 0 Å². The van der Waals surface area contributed by atoms with Gasteiger partial charge in [0.25, 0.3) is 0 Å². The number of phenolic OH excluding ortho intramolecular Hbond substituents is 1. The smallest absolute Gasteiger partial charge is 0.331 e. The summed E-state index contributed by atoms with van der Waals surface area (Å²) in [5.74, 6) is 8.41. The first kappa shape index (κ1) is 30.0. The van der Waals surface area contributed by atoms with Gasteiger partial charge >= 0.3 is 5.97 Å². The van der Waals surface area contributed by atoms with Crippen LogP contribution >= 0.6 is 0 Å². The largest absolute Gasteiger partial charge is 0.508 e. The second-order valence-corrected chi connectivity index (χ2v) is 16.3. The molecule has 1 N–H and O–H groups in total. The van der Waals surface area contributed by atoms with Crippen molar-refractivity contribution >= 4 is 12.0 Å². The molecule has 5 fully saturated rings. The van der Waals surface area contributed by atoms with E-state index in [0.29, 0.717) is 17.3 Å². The molecule has 0 spiro atoms. The summed E-state index contributed by atoms with van der Waals surface area (Å²) in [6.45, 7) is 18.9. The van der Waals surface area contributed by atoms with Gasteiger partial charge in [0.1, 0.15) is 11.9 Å². The van der Waals surface area contributed by atoms with Gasteiger partial charge in [-0.1, -0.05) is 58.9 Å². The number of benzene rings is 1. The maximum absolute atomic E-state index is 12.9. The Balaban J connectivity index is 1.12. The highest BCUT2D eigenvalue weighted by Crippen LogP contribution is 2.76. The fourth-order valence-corrected chi connectivity index (χ4v) is 11.6. The van der Waals surface area contributed by atoms with Crippen molar-refractivity contribution in [1.82, 2.24) is 0 Å². The molecule has 3 nitrogen and oxygen atoms in total. The molecule has 12 atom stereocenters. The van der Waals surface area contributed by atoms with Crippen LogP contribution in [0, 0.1) is 70.0 Å². The van der Waals surface area contributed by atoms with Crippen molar-refractivity contribution in [2.24, 2.45) is 70.0 Å². The Morgan fingerprint density at radius 3 is 2.33 bits per heavy atom. The van der Waals surface area contributed by atoms with Crippen LogP contribution in [0.1, 0.15) is 105 Å². The van der Waals surface area contributed by atoms with Gasteiger partial charge in [0.15, 0.2) is 0 Å². The van der Waals surface area contributed by atoms with E-state index >= 15 is 0 Å². The zero-order valence-corrected chi connectivity index (χ0v) is 27.1. The highest BCUT2D eigenvalue weighted by molar-refractivity contribution is 5.87. The SMILES string of the molecule is C=C(C)C(C)CCC(C)C1CCC2C3CCC4C(CCC(OC(=O)C=Cc5ccc(O)cc5)C4(C)C)C3C3CC3C12C. The Labute approximate surface area is 255 Å². The first-order chi connectivity index (χ1) is 19.9. The third-order valence-electron chi connectivity index (χ3n) is 14.0. The highest BCUT2D eigenvalue weighted by atomic mass is 16.5. The minimum absolute atomic E-state index is 0.00770. The van der Waals surface area contributed by atoms with E-state index in [1.807, 2.05) is 12.1 Å². The standard InChI is InChI=1S/C39H56O3/c1-23(2)24(3)8-9-25(4)31-18-19-33-29-15-17-32-28(37(29)30-22-34(30)39(31,33)7)16-20-35(38(32,5)6)42-36(41)21-12-26-10-13-27(40)14-11-26/h10-14,21,24-25,28-35,37,40H,1,8-9,15-20,22H2,2-7H3. The average Bonchev–Trinajstić information content (AvgIpc) is 3.68. The second-order valence-electron chi connectivity index (χ2n) is 16.3. The van der Waals surface area contributed by atoms with Crippen LogP contribution in [-0.2, 0) is 9.53 Å². The Morgan fingerprint density at radius 1 is 0.952 bits per heavy atom. The van der Waals surface area contributed by atoms with Crippen molar-refractivity contribution in [3.63, 3.8) is 0 Å². The quantitative estimate of drug-likeness (QED) is 0.192. The van der Waals surface area contributed by atoms with E-state index in [-0.39, 0.29) is 23.2 Å². The second kappa shape index (κ2) is 11.2. The third-order valence-corrected chi connectivity index (χ3v) is 14.0. The van der Waals surface area contributed by atoms with Crippen LogP contribution in [0.15, 0.2) is 42.5 Å². The summed E-state index contributed by atoms with van der Waals surface area (Å²) in [5, 5.41) is 9.52. The first-order valence-electron chi connectivity index (χ1n) is 17.3. The summed E-state index contributed by atoms with van der Waals surface area (Å²) in [6, 6.07) is 6.90. The predicted octanol–water partition coefficient (Wildman–Crippen LogP) is 9.71. The average molecular weight is 573 g/mol. The van der Waals surface area contributed by atoms with Crippen molar-refractivity contribution in [2.45, 2.75) is 105 Å². The number of hydrogen-bond acceptors (Lipinski definition) is 3. The number of esters is 1. The summed E-state index contributed by atoms with van der Waals surface area (Å²) in [5.41, 5.74) is 2.79. The molecule has 1 aromatic carbocycles. The van der Waals surface area contributed by atoms with E-state index < -0.39 is 0 Å². The van der Waals surface area contributed by atoms with Crippen LogP contribution in [0.25, 0.3) is 6.08 Å². The van der Waals surface area contributed by atoms with Crippen LogP contribution in [-0.4, -0.2) is 17.2 Å². The number of carbonyl (C=O) groups excluding carboxylic acids is 1. The molecule has 0 radical (unpaired) electrons. The van der Waals surface area contributed by atoms with Crippen molar-refractivity contribution in [3.05, 3.63) is 48.1 Å². The lowest BCUT2D eigenvalue weighted by atomic mass is 9.46. The van der Waals surface area contributed by atoms with Crippen molar-refractivity contribution in [3.8, 4) is 5.75 Å². The summed E-state index contributed by atoms with van der Waals surface area (Å²) in [6.07, 6.45) is 15.3. The summed E-state index contributed by atoms with van der Waals surface area (Å²) in [4.78, 5) is 12.9. The Bertz CT molecular complexity index is 1190. The number of rotatable bonds is 8. The van der Waals surface area contributed by atoms with E-state index in [4.69, 9.17) is 4.74 Å². The number of fused-ring (bicyclic) bond motifs is 8. The van der Waals surface area contributed by atoms with Crippen molar-refractivity contribution in [1.29, 1.82) is 0 Å². The van der Waals surface area contributed by atoms with Gasteiger partial charge in [-0.15, -0.1) is 0 Å². The minimum Gasteiger partial charge on any atom is -0.508 e. The molecule has 0 amide bonds. The molecule has 5 aliphatic rings. The molecule has 0 saturated heterocycles.